The molecule has 0 aromatic rings. The van der Waals surface area contributed by atoms with E-state index in [4.69, 9.17) is 0 Å². The Balaban J connectivity index is 4.41. The van der Waals surface area contributed by atoms with Crippen molar-refractivity contribution in [2.45, 2.75) is 65.5 Å². The van der Waals surface area contributed by atoms with E-state index in [1.54, 1.807) is 6.92 Å². The van der Waals surface area contributed by atoms with Crippen molar-refractivity contribution in [2.24, 2.45) is 5.92 Å². The SMILES string of the molecule is CC(CCC(C)(C)N([O])C(C)(C)C)C(=O)[O-]. The predicted octanol–water partition coefficient (Wildman–Crippen LogP) is 1.38. The van der Waals surface area contributed by atoms with E-state index < -0.39 is 23.0 Å². The van der Waals surface area contributed by atoms with Crippen LogP contribution in [-0.4, -0.2) is 22.1 Å². The Kier molecular flexibility index (Phi) is 4.95. The number of carboxylic acids is 1. The van der Waals surface area contributed by atoms with Gasteiger partial charge < -0.3 is 9.90 Å². The van der Waals surface area contributed by atoms with Gasteiger partial charge in [-0.3, -0.25) is 0 Å². The molecule has 4 nitrogen and oxygen atoms in total. The molecule has 0 N–H and O–H groups in total. The average Bonchev–Trinajstić information content (AvgIpc) is 2.11. The fraction of sp³-hybridized carbons (Fsp3) is 0.917. The molecule has 16 heavy (non-hydrogen) atoms. The van der Waals surface area contributed by atoms with Gasteiger partial charge in [0.2, 0.25) is 0 Å². The lowest BCUT2D eigenvalue weighted by Gasteiger charge is -2.40. The molecule has 1 atom stereocenters. The highest BCUT2D eigenvalue weighted by atomic mass is 16.5. The van der Waals surface area contributed by atoms with Crippen LogP contribution >= 0.6 is 0 Å². The number of nitrogens with zero attached hydrogens (tertiary/aromatic N) is 1. The second-order valence-electron chi connectivity index (χ2n) is 6.04. The lowest BCUT2D eigenvalue weighted by Crippen LogP contribution is -2.51. The van der Waals surface area contributed by atoms with Crippen LogP contribution < -0.4 is 5.11 Å². The van der Waals surface area contributed by atoms with Crippen molar-refractivity contribution >= 4 is 5.97 Å². The van der Waals surface area contributed by atoms with Crippen molar-refractivity contribution < 1.29 is 15.1 Å². The summed E-state index contributed by atoms with van der Waals surface area (Å²) >= 11 is 0. The van der Waals surface area contributed by atoms with Crippen LogP contribution in [0.15, 0.2) is 0 Å². The summed E-state index contributed by atoms with van der Waals surface area (Å²) in [4.78, 5) is 10.6. The first-order chi connectivity index (χ1) is 6.98. The highest BCUT2D eigenvalue weighted by Crippen LogP contribution is 2.28. The molecule has 0 heterocycles. The van der Waals surface area contributed by atoms with Gasteiger partial charge in [0, 0.05) is 17.0 Å². The topological polar surface area (TPSA) is 63.3 Å². The second-order valence-corrected chi connectivity index (χ2v) is 6.04. The summed E-state index contributed by atoms with van der Waals surface area (Å²) in [5.41, 5.74) is -1.02. The molecule has 0 spiro atoms. The van der Waals surface area contributed by atoms with E-state index in [1.807, 2.05) is 34.6 Å². The smallest absolute Gasteiger partial charge is 0.0443 e. The van der Waals surface area contributed by atoms with E-state index in [1.165, 1.54) is 0 Å². The number of rotatable bonds is 5. The van der Waals surface area contributed by atoms with E-state index in [0.717, 1.165) is 5.06 Å². The van der Waals surface area contributed by atoms with Gasteiger partial charge >= 0.3 is 0 Å². The number of hydrogen-bond acceptors (Lipinski definition) is 3. The quantitative estimate of drug-likeness (QED) is 0.669. The summed E-state index contributed by atoms with van der Waals surface area (Å²) in [5, 5.41) is 23.6. The van der Waals surface area contributed by atoms with Gasteiger partial charge in [-0.1, -0.05) is 6.92 Å². The van der Waals surface area contributed by atoms with Gasteiger partial charge in [0.1, 0.15) is 0 Å². The van der Waals surface area contributed by atoms with Crippen molar-refractivity contribution in [1.29, 1.82) is 0 Å². The molecule has 0 bridgehead atoms. The van der Waals surface area contributed by atoms with E-state index in [2.05, 4.69) is 0 Å². The molecule has 1 radical (unpaired) electrons. The maximum atomic E-state index is 12.0. The Morgan fingerprint density at radius 2 is 1.69 bits per heavy atom. The average molecular weight is 229 g/mol. The zero-order chi connectivity index (χ0) is 13.1. The van der Waals surface area contributed by atoms with E-state index in [9.17, 15) is 15.1 Å². The fourth-order valence-electron chi connectivity index (χ4n) is 1.70. The van der Waals surface area contributed by atoms with E-state index >= 15 is 0 Å². The summed E-state index contributed by atoms with van der Waals surface area (Å²) in [6.07, 6.45) is 1.01. The van der Waals surface area contributed by atoms with Crippen molar-refractivity contribution in [1.82, 2.24) is 5.06 Å². The van der Waals surface area contributed by atoms with Gasteiger partial charge in [-0.05, 0) is 53.4 Å². The van der Waals surface area contributed by atoms with Gasteiger partial charge in [-0.15, -0.1) is 10.3 Å². The predicted molar refractivity (Wildman–Crippen MR) is 59.8 cm³/mol. The summed E-state index contributed by atoms with van der Waals surface area (Å²) in [6.45, 7) is 10.8. The first kappa shape index (κ1) is 15.4. The Labute approximate surface area is 98.2 Å². The molecule has 0 rings (SSSR count). The minimum absolute atomic E-state index is 0.462. The normalized spacial score (nSPS) is 15.2. The van der Waals surface area contributed by atoms with Gasteiger partial charge in [0.25, 0.3) is 0 Å². The van der Waals surface area contributed by atoms with Gasteiger partial charge in [0.05, 0.1) is 0 Å². The minimum atomic E-state index is -1.05. The van der Waals surface area contributed by atoms with E-state index in [0.29, 0.717) is 12.8 Å². The van der Waals surface area contributed by atoms with Crippen molar-refractivity contribution in [3.05, 3.63) is 0 Å². The minimum Gasteiger partial charge on any atom is -0.550 e. The van der Waals surface area contributed by atoms with Crippen molar-refractivity contribution in [2.75, 3.05) is 0 Å². The van der Waals surface area contributed by atoms with Gasteiger partial charge in [0.15, 0.2) is 0 Å². The second kappa shape index (κ2) is 5.15. The lowest BCUT2D eigenvalue weighted by atomic mass is 9.90. The van der Waals surface area contributed by atoms with Crippen LogP contribution in [-0.2, 0) is 10.0 Å². The summed E-state index contributed by atoms with van der Waals surface area (Å²) in [5.74, 6) is -1.56. The standard InChI is InChI=1S/C12H24NO3/c1-9(10(14)15)7-8-12(5,6)13(16)11(2,3)4/h9H,7-8H2,1-6H3,(H,14,15)/p-1. The zero-order valence-corrected chi connectivity index (χ0v) is 11.2. The third-order valence-corrected chi connectivity index (χ3v) is 2.75. The largest absolute Gasteiger partial charge is 0.550 e. The Bertz CT molecular complexity index is 243. The molecule has 1 unspecified atom stereocenters. The molecule has 0 saturated carbocycles. The number of carbonyl (C=O) groups excluding carboxylic acids is 1. The van der Waals surface area contributed by atoms with Crippen LogP contribution in [0.3, 0.4) is 0 Å². The fourth-order valence-corrected chi connectivity index (χ4v) is 1.70. The van der Waals surface area contributed by atoms with Crippen LogP contribution in [0.5, 0.6) is 0 Å². The molecular weight excluding hydrogens is 206 g/mol. The van der Waals surface area contributed by atoms with Crippen LogP contribution in [0.2, 0.25) is 0 Å². The van der Waals surface area contributed by atoms with Crippen LogP contribution in [0.1, 0.15) is 54.4 Å². The molecule has 0 aliphatic rings. The Hall–Kier alpha value is -0.610. The molecular formula is C12H23NO3-. The Morgan fingerprint density at radius 3 is 2.00 bits per heavy atom. The number of carboxylic acid groups (broad SMARTS) is 1. The number of hydroxylamine groups is 2. The molecule has 0 aliphatic carbocycles. The third kappa shape index (κ3) is 4.49. The zero-order valence-electron chi connectivity index (χ0n) is 11.2. The van der Waals surface area contributed by atoms with Gasteiger partial charge in [-0.2, -0.15) is 0 Å². The molecule has 4 heteroatoms. The molecule has 0 saturated heterocycles. The number of aliphatic carboxylic acids is 1. The maximum absolute atomic E-state index is 12.0. The van der Waals surface area contributed by atoms with Crippen LogP contribution in [0.4, 0.5) is 0 Å². The van der Waals surface area contributed by atoms with E-state index in [-0.39, 0.29) is 0 Å². The molecule has 0 amide bonds. The highest BCUT2D eigenvalue weighted by Gasteiger charge is 2.35. The Morgan fingerprint density at radius 1 is 1.25 bits per heavy atom. The molecule has 0 aliphatic heterocycles. The van der Waals surface area contributed by atoms with Crippen LogP contribution in [0.25, 0.3) is 0 Å². The first-order valence-corrected chi connectivity index (χ1v) is 5.67. The third-order valence-electron chi connectivity index (χ3n) is 2.75. The van der Waals surface area contributed by atoms with Crippen molar-refractivity contribution in [3.63, 3.8) is 0 Å². The first-order valence-electron chi connectivity index (χ1n) is 5.67. The molecule has 0 aromatic carbocycles. The molecule has 0 fully saturated rings. The van der Waals surface area contributed by atoms with Crippen molar-refractivity contribution in [3.8, 4) is 0 Å². The summed E-state index contributed by atoms with van der Waals surface area (Å²) in [6, 6.07) is 0. The molecule has 0 aromatic heterocycles. The van der Waals surface area contributed by atoms with Crippen LogP contribution in [0, 0.1) is 5.92 Å². The number of hydrogen-bond donors (Lipinski definition) is 0. The summed E-state index contributed by atoms with van der Waals surface area (Å²) < 4.78 is 0. The monoisotopic (exact) mass is 229 g/mol. The molecule has 95 valence electrons. The summed E-state index contributed by atoms with van der Waals surface area (Å²) in [7, 11) is 0. The lowest BCUT2D eigenvalue weighted by molar-refractivity contribution is -0.311. The maximum Gasteiger partial charge on any atom is 0.0443 e. The van der Waals surface area contributed by atoms with Gasteiger partial charge in [-0.25, -0.2) is 0 Å². The number of carbonyl (C=O) groups is 1. The highest BCUT2D eigenvalue weighted by molar-refractivity contribution is 5.66.